The maximum atomic E-state index is 9.00. The number of hydrogen-bond acceptors (Lipinski definition) is 3. The van der Waals surface area contributed by atoms with E-state index in [9.17, 15) is 0 Å². The number of anilines is 1. The van der Waals surface area contributed by atoms with Crippen LogP contribution in [0.25, 0.3) is 0 Å². The molecule has 1 aromatic carbocycles. The summed E-state index contributed by atoms with van der Waals surface area (Å²) in [6, 6.07) is 10.6. The van der Waals surface area contributed by atoms with Crippen LogP contribution in [0.4, 0.5) is 5.69 Å². The van der Waals surface area contributed by atoms with Gasteiger partial charge in [0.25, 0.3) is 0 Å². The zero-order valence-corrected chi connectivity index (χ0v) is 11.4. The molecule has 100 valence electrons. The van der Waals surface area contributed by atoms with E-state index in [-0.39, 0.29) is 5.60 Å². The Morgan fingerprint density at radius 1 is 1.42 bits per heavy atom. The van der Waals surface area contributed by atoms with Crippen LogP contribution in [-0.2, 0) is 4.74 Å². The van der Waals surface area contributed by atoms with E-state index in [4.69, 9.17) is 10.00 Å². The molecule has 1 heterocycles. The molecule has 1 saturated carbocycles. The lowest BCUT2D eigenvalue weighted by Gasteiger charge is -2.49. The van der Waals surface area contributed by atoms with Crippen molar-refractivity contribution in [1.29, 1.82) is 5.26 Å². The monoisotopic (exact) mass is 256 g/mol. The van der Waals surface area contributed by atoms with Crippen molar-refractivity contribution in [2.45, 2.75) is 43.7 Å². The molecule has 19 heavy (non-hydrogen) atoms. The second-order valence-corrected chi connectivity index (χ2v) is 5.80. The van der Waals surface area contributed by atoms with Gasteiger partial charge in [-0.2, -0.15) is 5.26 Å². The molecule has 0 bridgehead atoms. The van der Waals surface area contributed by atoms with Crippen LogP contribution >= 0.6 is 0 Å². The van der Waals surface area contributed by atoms with Gasteiger partial charge in [0, 0.05) is 25.4 Å². The van der Waals surface area contributed by atoms with Gasteiger partial charge in [0.2, 0.25) is 0 Å². The van der Waals surface area contributed by atoms with Crippen LogP contribution in [0, 0.1) is 11.3 Å². The Hall–Kier alpha value is -1.53. The van der Waals surface area contributed by atoms with Crippen LogP contribution in [0.15, 0.2) is 24.3 Å². The molecule has 2 fully saturated rings. The summed E-state index contributed by atoms with van der Waals surface area (Å²) in [6.45, 7) is 0.868. The summed E-state index contributed by atoms with van der Waals surface area (Å²) in [6.07, 6.45) is 5.95. The highest BCUT2D eigenvalue weighted by Gasteiger charge is 2.43. The minimum atomic E-state index is 0.171. The van der Waals surface area contributed by atoms with Crippen LogP contribution in [0.3, 0.4) is 0 Å². The van der Waals surface area contributed by atoms with Crippen molar-refractivity contribution >= 4 is 5.69 Å². The number of benzene rings is 1. The van der Waals surface area contributed by atoms with Crippen molar-refractivity contribution in [3.05, 3.63) is 29.8 Å². The Kier molecular flexibility index (Phi) is 3.20. The topological polar surface area (TPSA) is 36.3 Å². The van der Waals surface area contributed by atoms with Gasteiger partial charge in [0.05, 0.1) is 17.2 Å². The van der Waals surface area contributed by atoms with E-state index in [1.165, 1.54) is 19.3 Å². The summed E-state index contributed by atoms with van der Waals surface area (Å²) in [5.74, 6) is 0. The molecular weight excluding hydrogens is 236 g/mol. The van der Waals surface area contributed by atoms with Crippen LogP contribution in [-0.4, -0.2) is 25.3 Å². The first-order valence-corrected chi connectivity index (χ1v) is 7.09. The third-order valence-electron chi connectivity index (χ3n) is 4.66. The average molecular weight is 256 g/mol. The first-order valence-electron chi connectivity index (χ1n) is 7.09. The average Bonchev–Trinajstić information content (AvgIpc) is 2.45. The molecule has 1 unspecified atom stereocenters. The summed E-state index contributed by atoms with van der Waals surface area (Å²) in [5, 5.41) is 9.00. The number of ether oxygens (including phenoxy) is 1. The Morgan fingerprint density at radius 2 is 2.26 bits per heavy atom. The Balaban J connectivity index is 1.75. The molecule has 3 heteroatoms. The first kappa shape index (κ1) is 12.5. The van der Waals surface area contributed by atoms with Gasteiger partial charge in [-0.15, -0.1) is 0 Å². The van der Waals surface area contributed by atoms with Gasteiger partial charge in [0.15, 0.2) is 0 Å². The Bertz CT molecular complexity index is 502. The lowest BCUT2D eigenvalue weighted by Crippen LogP contribution is -2.51. The van der Waals surface area contributed by atoms with E-state index in [1.54, 1.807) is 0 Å². The third-order valence-corrected chi connectivity index (χ3v) is 4.66. The van der Waals surface area contributed by atoms with Crippen molar-refractivity contribution in [2.24, 2.45) is 0 Å². The highest BCUT2D eigenvalue weighted by molar-refractivity contribution is 5.51. The maximum Gasteiger partial charge on any atom is 0.0992 e. The smallest absolute Gasteiger partial charge is 0.0992 e. The van der Waals surface area contributed by atoms with E-state index in [1.807, 2.05) is 18.2 Å². The zero-order chi connectivity index (χ0) is 13.3. The molecule has 1 atom stereocenters. The fraction of sp³-hybridized carbons (Fsp3) is 0.562. The van der Waals surface area contributed by atoms with Gasteiger partial charge in [-0.25, -0.2) is 0 Å². The number of hydrogen-bond donors (Lipinski definition) is 0. The second-order valence-electron chi connectivity index (χ2n) is 5.80. The molecule has 1 spiro atoms. The standard InChI is InChI=1S/C16H20N2O/c1-18(14-5-2-4-13(10-14)12-17)15-6-9-19-16(11-15)7-3-8-16/h2,4-5,10,15H,3,6-9,11H2,1H3. The van der Waals surface area contributed by atoms with Crippen molar-refractivity contribution in [3.8, 4) is 6.07 Å². The second kappa shape index (κ2) is 4.86. The predicted molar refractivity (Wildman–Crippen MR) is 75.1 cm³/mol. The van der Waals surface area contributed by atoms with Gasteiger partial charge >= 0.3 is 0 Å². The molecule has 1 aromatic rings. The highest BCUT2D eigenvalue weighted by atomic mass is 16.5. The summed E-state index contributed by atoms with van der Waals surface area (Å²) in [5.41, 5.74) is 2.04. The van der Waals surface area contributed by atoms with Crippen molar-refractivity contribution < 1.29 is 4.74 Å². The Labute approximate surface area is 114 Å². The minimum absolute atomic E-state index is 0.171. The molecular formula is C16H20N2O. The van der Waals surface area contributed by atoms with Crippen LogP contribution in [0.5, 0.6) is 0 Å². The molecule has 2 aliphatic rings. The van der Waals surface area contributed by atoms with E-state index >= 15 is 0 Å². The van der Waals surface area contributed by atoms with E-state index in [2.05, 4.69) is 24.1 Å². The normalized spacial score (nSPS) is 24.5. The number of nitrogens with zero attached hydrogens (tertiary/aromatic N) is 2. The van der Waals surface area contributed by atoms with Gasteiger partial charge in [-0.1, -0.05) is 6.07 Å². The molecule has 0 amide bonds. The predicted octanol–water partition coefficient (Wildman–Crippen LogP) is 3.10. The van der Waals surface area contributed by atoms with E-state index in [0.717, 1.165) is 30.7 Å². The zero-order valence-electron chi connectivity index (χ0n) is 11.4. The van der Waals surface area contributed by atoms with Crippen LogP contribution in [0.2, 0.25) is 0 Å². The highest BCUT2D eigenvalue weighted by Crippen LogP contribution is 2.43. The summed E-state index contributed by atoms with van der Waals surface area (Å²) in [4.78, 5) is 2.32. The lowest BCUT2D eigenvalue weighted by molar-refractivity contribution is -0.132. The summed E-state index contributed by atoms with van der Waals surface area (Å²) < 4.78 is 5.98. The van der Waals surface area contributed by atoms with Crippen molar-refractivity contribution in [3.63, 3.8) is 0 Å². The summed E-state index contributed by atoms with van der Waals surface area (Å²) in [7, 11) is 2.14. The Morgan fingerprint density at radius 3 is 2.95 bits per heavy atom. The lowest BCUT2D eigenvalue weighted by atomic mass is 9.73. The van der Waals surface area contributed by atoms with Crippen LogP contribution < -0.4 is 4.90 Å². The summed E-state index contributed by atoms with van der Waals surface area (Å²) >= 11 is 0. The SMILES string of the molecule is CN(c1cccc(C#N)c1)C1CCOC2(CCC2)C1. The first-order chi connectivity index (χ1) is 9.22. The van der Waals surface area contributed by atoms with Gasteiger partial charge in [-0.3, -0.25) is 0 Å². The maximum absolute atomic E-state index is 9.00. The molecule has 0 radical (unpaired) electrons. The van der Waals surface area contributed by atoms with Gasteiger partial charge in [0.1, 0.15) is 0 Å². The van der Waals surface area contributed by atoms with Gasteiger partial charge in [-0.05, 0) is 50.3 Å². The van der Waals surface area contributed by atoms with E-state index < -0.39 is 0 Å². The van der Waals surface area contributed by atoms with Crippen molar-refractivity contribution in [1.82, 2.24) is 0 Å². The fourth-order valence-corrected chi connectivity index (χ4v) is 3.26. The van der Waals surface area contributed by atoms with Gasteiger partial charge < -0.3 is 9.64 Å². The van der Waals surface area contributed by atoms with Crippen molar-refractivity contribution in [2.75, 3.05) is 18.6 Å². The quantitative estimate of drug-likeness (QED) is 0.815. The van der Waals surface area contributed by atoms with E-state index in [0.29, 0.717) is 6.04 Å². The molecule has 0 aromatic heterocycles. The van der Waals surface area contributed by atoms with Crippen LogP contribution in [0.1, 0.15) is 37.7 Å². The molecule has 1 aliphatic carbocycles. The largest absolute Gasteiger partial charge is 0.375 e. The molecule has 3 rings (SSSR count). The fourth-order valence-electron chi connectivity index (χ4n) is 3.26. The molecule has 0 N–H and O–H groups in total. The third kappa shape index (κ3) is 2.33. The number of nitriles is 1. The molecule has 1 saturated heterocycles. The molecule has 3 nitrogen and oxygen atoms in total. The number of rotatable bonds is 2. The molecule has 1 aliphatic heterocycles. The minimum Gasteiger partial charge on any atom is -0.375 e.